The van der Waals surface area contributed by atoms with Crippen LogP contribution >= 0.6 is 11.6 Å². The fraction of sp³-hybridized carbons (Fsp3) is 0.214. The summed E-state index contributed by atoms with van der Waals surface area (Å²) in [5.41, 5.74) is 2.76. The molecule has 17 heavy (non-hydrogen) atoms. The van der Waals surface area contributed by atoms with Crippen molar-refractivity contribution < 1.29 is 5.11 Å². The van der Waals surface area contributed by atoms with E-state index in [0.717, 1.165) is 23.3 Å². The summed E-state index contributed by atoms with van der Waals surface area (Å²) >= 11 is 5.96. The highest BCUT2D eigenvalue weighted by Gasteiger charge is 2.07. The Morgan fingerprint density at radius 1 is 1.41 bits per heavy atom. The van der Waals surface area contributed by atoms with Crippen molar-refractivity contribution in [2.24, 2.45) is 4.99 Å². The van der Waals surface area contributed by atoms with E-state index >= 15 is 0 Å². The fourth-order valence-electron chi connectivity index (χ4n) is 1.75. The van der Waals surface area contributed by atoms with E-state index in [1.165, 1.54) is 0 Å². The van der Waals surface area contributed by atoms with Gasteiger partial charge in [-0.2, -0.15) is 0 Å². The normalized spacial score (nSPS) is 15.8. The van der Waals surface area contributed by atoms with Crippen LogP contribution in [0.25, 0.3) is 5.57 Å². The number of rotatable bonds is 2. The first-order chi connectivity index (χ1) is 8.20. The van der Waals surface area contributed by atoms with E-state index in [2.05, 4.69) is 4.99 Å². The number of halogens is 1. The molecule has 1 aliphatic rings. The predicted molar refractivity (Wildman–Crippen MR) is 72.5 cm³/mol. The SMILES string of the molecule is CCC1=C(O)CC=C(c2cccc(Cl)c2)C=N1. The second-order valence-corrected chi connectivity index (χ2v) is 4.32. The maximum Gasteiger partial charge on any atom is 0.117 e. The van der Waals surface area contributed by atoms with Crippen LogP contribution in [0, 0.1) is 0 Å². The van der Waals surface area contributed by atoms with E-state index in [-0.39, 0.29) is 0 Å². The molecule has 1 N–H and O–H groups in total. The molecule has 0 saturated carbocycles. The quantitative estimate of drug-likeness (QED) is 0.827. The van der Waals surface area contributed by atoms with Crippen molar-refractivity contribution in [2.75, 3.05) is 0 Å². The Morgan fingerprint density at radius 3 is 2.94 bits per heavy atom. The molecule has 0 atom stereocenters. The van der Waals surface area contributed by atoms with Crippen molar-refractivity contribution >= 4 is 23.4 Å². The maximum atomic E-state index is 9.76. The largest absolute Gasteiger partial charge is 0.510 e. The minimum atomic E-state index is 0.348. The van der Waals surface area contributed by atoms with Crippen LogP contribution < -0.4 is 0 Å². The molecule has 1 aromatic rings. The summed E-state index contributed by atoms with van der Waals surface area (Å²) in [6.45, 7) is 1.98. The Bertz CT molecular complexity index is 515. The lowest BCUT2D eigenvalue weighted by molar-refractivity contribution is 0.391. The van der Waals surface area contributed by atoms with Crippen molar-refractivity contribution in [2.45, 2.75) is 19.8 Å². The standard InChI is InChI=1S/C14H14ClNO/c1-2-13-14(17)7-6-11(9-16-13)10-4-3-5-12(15)8-10/h3-6,8-9,17H,2,7H2,1H3. The molecule has 1 aliphatic heterocycles. The first kappa shape index (κ1) is 11.9. The van der Waals surface area contributed by atoms with Crippen LogP contribution in [0.1, 0.15) is 25.3 Å². The number of hydrogen-bond acceptors (Lipinski definition) is 2. The van der Waals surface area contributed by atoms with Gasteiger partial charge in [-0.25, -0.2) is 0 Å². The molecule has 1 aromatic carbocycles. The van der Waals surface area contributed by atoms with Gasteiger partial charge in [0.05, 0.1) is 5.70 Å². The van der Waals surface area contributed by atoms with Gasteiger partial charge in [0.25, 0.3) is 0 Å². The summed E-state index contributed by atoms with van der Waals surface area (Å²) < 4.78 is 0. The average Bonchev–Trinajstić information content (AvgIpc) is 2.51. The smallest absolute Gasteiger partial charge is 0.117 e. The second-order valence-electron chi connectivity index (χ2n) is 3.88. The molecule has 0 fully saturated rings. The van der Waals surface area contributed by atoms with E-state index in [0.29, 0.717) is 17.2 Å². The van der Waals surface area contributed by atoms with Crippen LogP contribution in [0.4, 0.5) is 0 Å². The Kier molecular flexibility index (Phi) is 3.64. The molecule has 2 nitrogen and oxygen atoms in total. The molecule has 0 saturated heterocycles. The zero-order valence-corrected chi connectivity index (χ0v) is 10.4. The molecule has 3 heteroatoms. The highest BCUT2D eigenvalue weighted by Crippen LogP contribution is 2.23. The zero-order chi connectivity index (χ0) is 12.3. The lowest BCUT2D eigenvalue weighted by atomic mass is 10.1. The van der Waals surface area contributed by atoms with Crippen LogP contribution in [-0.2, 0) is 0 Å². The van der Waals surface area contributed by atoms with Crippen molar-refractivity contribution in [3.05, 3.63) is 52.4 Å². The summed E-state index contributed by atoms with van der Waals surface area (Å²) in [6.07, 6.45) is 5.00. The number of allylic oxidation sites excluding steroid dienone is 3. The highest BCUT2D eigenvalue weighted by molar-refractivity contribution is 6.31. The third kappa shape index (κ3) is 2.77. The molecule has 0 radical (unpaired) electrons. The third-order valence-electron chi connectivity index (χ3n) is 2.70. The third-order valence-corrected chi connectivity index (χ3v) is 2.94. The number of nitrogens with zero attached hydrogens (tertiary/aromatic N) is 1. The van der Waals surface area contributed by atoms with Gasteiger partial charge in [-0.3, -0.25) is 4.99 Å². The van der Waals surface area contributed by atoms with Crippen molar-refractivity contribution in [3.8, 4) is 0 Å². The fourth-order valence-corrected chi connectivity index (χ4v) is 1.95. The average molecular weight is 248 g/mol. The Labute approximate surface area is 106 Å². The maximum absolute atomic E-state index is 9.76. The number of aliphatic hydroxyl groups excluding tert-OH is 1. The Morgan fingerprint density at radius 2 is 2.24 bits per heavy atom. The van der Waals surface area contributed by atoms with Gasteiger partial charge in [0.1, 0.15) is 5.76 Å². The molecule has 88 valence electrons. The molecule has 2 rings (SSSR count). The van der Waals surface area contributed by atoms with E-state index in [9.17, 15) is 5.11 Å². The van der Waals surface area contributed by atoms with Gasteiger partial charge in [-0.05, 0) is 29.7 Å². The van der Waals surface area contributed by atoms with Gasteiger partial charge in [0.15, 0.2) is 0 Å². The number of hydrogen-bond donors (Lipinski definition) is 1. The second kappa shape index (κ2) is 5.19. The molecule has 0 aliphatic carbocycles. The molecule has 0 spiro atoms. The summed E-state index contributed by atoms with van der Waals surface area (Å²) in [7, 11) is 0. The molecular weight excluding hydrogens is 234 g/mol. The van der Waals surface area contributed by atoms with Gasteiger partial charge in [0, 0.05) is 17.7 Å². The summed E-state index contributed by atoms with van der Waals surface area (Å²) in [5, 5.41) is 10.5. The summed E-state index contributed by atoms with van der Waals surface area (Å²) in [6, 6.07) is 7.63. The first-order valence-corrected chi connectivity index (χ1v) is 5.99. The van der Waals surface area contributed by atoms with Crippen molar-refractivity contribution in [1.82, 2.24) is 0 Å². The predicted octanol–water partition coefficient (Wildman–Crippen LogP) is 4.38. The van der Waals surface area contributed by atoms with Crippen LogP contribution in [0.2, 0.25) is 5.02 Å². The van der Waals surface area contributed by atoms with Gasteiger partial charge < -0.3 is 5.11 Å². The molecule has 0 unspecified atom stereocenters. The van der Waals surface area contributed by atoms with Crippen LogP contribution in [0.3, 0.4) is 0 Å². The summed E-state index contributed by atoms with van der Waals surface area (Å²) in [5.74, 6) is 0.348. The topological polar surface area (TPSA) is 32.6 Å². The van der Waals surface area contributed by atoms with Crippen molar-refractivity contribution in [1.29, 1.82) is 0 Å². The molecule has 0 amide bonds. The van der Waals surface area contributed by atoms with Gasteiger partial charge >= 0.3 is 0 Å². The van der Waals surface area contributed by atoms with E-state index < -0.39 is 0 Å². The van der Waals surface area contributed by atoms with Crippen LogP contribution in [0.15, 0.2) is 46.8 Å². The zero-order valence-electron chi connectivity index (χ0n) is 9.65. The summed E-state index contributed by atoms with van der Waals surface area (Å²) in [4.78, 5) is 4.30. The molecule has 0 bridgehead atoms. The molecule has 0 aromatic heterocycles. The minimum absolute atomic E-state index is 0.348. The van der Waals surface area contributed by atoms with E-state index in [4.69, 9.17) is 11.6 Å². The monoisotopic (exact) mass is 247 g/mol. The Balaban J connectivity index is 2.32. The molecule has 1 heterocycles. The van der Waals surface area contributed by atoms with Gasteiger partial charge in [-0.1, -0.05) is 36.7 Å². The number of aliphatic imine (C=N–C) groups is 1. The van der Waals surface area contributed by atoms with E-state index in [1.807, 2.05) is 37.3 Å². The molecular formula is C14H14ClNO. The number of aliphatic hydroxyl groups is 1. The van der Waals surface area contributed by atoms with Crippen LogP contribution in [0.5, 0.6) is 0 Å². The van der Waals surface area contributed by atoms with Gasteiger partial charge in [0.2, 0.25) is 0 Å². The Hall–Kier alpha value is -1.54. The number of benzene rings is 1. The highest BCUT2D eigenvalue weighted by atomic mass is 35.5. The van der Waals surface area contributed by atoms with Crippen molar-refractivity contribution in [3.63, 3.8) is 0 Å². The first-order valence-electron chi connectivity index (χ1n) is 5.62. The lowest BCUT2D eigenvalue weighted by Crippen LogP contribution is -1.85. The van der Waals surface area contributed by atoms with E-state index in [1.54, 1.807) is 6.21 Å². The lowest BCUT2D eigenvalue weighted by Gasteiger charge is -2.01. The van der Waals surface area contributed by atoms with Crippen LogP contribution in [-0.4, -0.2) is 11.3 Å². The van der Waals surface area contributed by atoms with Gasteiger partial charge in [-0.15, -0.1) is 0 Å². The minimum Gasteiger partial charge on any atom is -0.510 e.